The van der Waals surface area contributed by atoms with Crippen LogP contribution in [0.2, 0.25) is 0 Å². The number of hydrogen-bond donors (Lipinski definition) is 1. The van der Waals surface area contributed by atoms with Crippen LogP contribution >= 0.6 is 0 Å². The van der Waals surface area contributed by atoms with E-state index < -0.39 is 0 Å². The van der Waals surface area contributed by atoms with Crippen LogP contribution in [0, 0.1) is 0 Å². The summed E-state index contributed by atoms with van der Waals surface area (Å²) in [5.41, 5.74) is 7.76. The van der Waals surface area contributed by atoms with E-state index in [-0.39, 0.29) is 5.97 Å². The first kappa shape index (κ1) is 14.4. The number of ether oxygens (including phenoxy) is 1. The van der Waals surface area contributed by atoms with Crippen molar-refractivity contribution >= 4 is 17.3 Å². The molecule has 0 aliphatic rings. The number of esters is 1. The monoisotopic (exact) mass is 250 g/mol. The van der Waals surface area contributed by atoms with Gasteiger partial charge >= 0.3 is 5.97 Å². The van der Waals surface area contributed by atoms with Crippen LogP contribution in [-0.4, -0.2) is 25.7 Å². The molecule has 2 N–H and O–H groups in total. The van der Waals surface area contributed by atoms with Gasteiger partial charge in [-0.1, -0.05) is 6.92 Å². The zero-order valence-corrected chi connectivity index (χ0v) is 11.4. The van der Waals surface area contributed by atoms with Gasteiger partial charge in [-0.15, -0.1) is 0 Å². The summed E-state index contributed by atoms with van der Waals surface area (Å²) >= 11 is 0. The van der Waals surface area contributed by atoms with Gasteiger partial charge in [0.2, 0.25) is 0 Å². The van der Waals surface area contributed by atoms with Crippen molar-refractivity contribution in [3.63, 3.8) is 0 Å². The molecular weight excluding hydrogens is 228 g/mol. The Morgan fingerprint density at radius 2 is 1.94 bits per heavy atom. The third-order valence-electron chi connectivity index (χ3n) is 2.78. The number of anilines is 2. The van der Waals surface area contributed by atoms with Gasteiger partial charge in [0, 0.05) is 18.8 Å². The van der Waals surface area contributed by atoms with Crippen molar-refractivity contribution in [1.29, 1.82) is 0 Å². The fourth-order valence-electron chi connectivity index (χ4n) is 1.83. The van der Waals surface area contributed by atoms with Crippen LogP contribution in [0.3, 0.4) is 0 Å². The van der Waals surface area contributed by atoms with Crippen molar-refractivity contribution in [2.24, 2.45) is 0 Å². The first-order valence-corrected chi connectivity index (χ1v) is 6.45. The van der Waals surface area contributed by atoms with E-state index >= 15 is 0 Å². The van der Waals surface area contributed by atoms with E-state index in [1.807, 2.05) is 19.1 Å². The lowest BCUT2D eigenvalue weighted by Crippen LogP contribution is -2.24. The maximum absolute atomic E-state index is 12.0. The number of nitrogen functional groups attached to an aromatic ring is 1. The lowest BCUT2D eigenvalue weighted by atomic mass is 10.1. The molecule has 4 nitrogen and oxygen atoms in total. The minimum Gasteiger partial charge on any atom is -0.462 e. The molecule has 0 saturated heterocycles. The molecule has 0 bridgehead atoms. The molecule has 0 radical (unpaired) electrons. The Hall–Kier alpha value is -1.71. The molecule has 0 unspecified atom stereocenters. The third-order valence-corrected chi connectivity index (χ3v) is 2.78. The highest BCUT2D eigenvalue weighted by Gasteiger charge is 2.16. The lowest BCUT2D eigenvalue weighted by molar-refractivity contribution is 0.0506. The molecule has 1 aromatic carbocycles. The van der Waals surface area contributed by atoms with Crippen molar-refractivity contribution in [3.05, 3.63) is 23.8 Å². The summed E-state index contributed by atoms with van der Waals surface area (Å²) in [6.45, 7) is 8.20. The number of nitrogens with two attached hydrogens (primary N) is 1. The minimum absolute atomic E-state index is 0.300. The van der Waals surface area contributed by atoms with Crippen molar-refractivity contribution in [1.82, 2.24) is 0 Å². The zero-order chi connectivity index (χ0) is 13.5. The van der Waals surface area contributed by atoms with E-state index in [2.05, 4.69) is 18.7 Å². The molecule has 0 fully saturated rings. The van der Waals surface area contributed by atoms with E-state index in [1.54, 1.807) is 6.07 Å². The second kappa shape index (κ2) is 6.89. The Morgan fingerprint density at radius 3 is 2.50 bits per heavy atom. The summed E-state index contributed by atoms with van der Waals surface area (Å²) in [6.07, 6.45) is 0.814. The van der Waals surface area contributed by atoms with Gasteiger partial charge in [-0.3, -0.25) is 0 Å². The summed E-state index contributed by atoms with van der Waals surface area (Å²) in [4.78, 5) is 14.1. The van der Waals surface area contributed by atoms with E-state index in [9.17, 15) is 4.79 Å². The van der Waals surface area contributed by atoms with E-state index in [1.165, 1.54) is 0 Å². The van der Waals surface area contributed by atoms with E-state index in [0.29, 0.717) is 17.9 Å². The predicted molar refractivity (Wildman–Crippen MR) is 75.0 cm³/mol. The van der Waals surface area contributed by atoms with Gasteiger partial charge < -0.3 is 15.4 Å². The van der Waals surface area contributed by atoms with Crippen molar-refractivity contribution in [3.8, 4) is 0 Å². The zero-order valence-electron chi connectivity index (χ0n) is 11.4. The Bertz CT molecular complexity index is 401. The Labute approximate surface area is 109 Å². The summed E-state index contributed by atoms with van der Waals surface area (Å²) in [6, 6.07) is 5.38. The highest BCUT2D eigenvalue weighted by molar-refractivity contribution is 5.97. The summed E-state index contributed by atoms with van der Waals surface area (Å²) in [5, 5.41) is 0. The van der Waals surface area contributed by atoms with E-state index in [4.69, 9.17) is 10.5 Å². The number of carbonyl (C=O) groups excluding carboxylic acids is 1. The normalized spacial score (nSPS) is 10.2. The molecule has 0 atom stereocenters. The van der Waals surface area contributed by atoms with Gasteiger partial charge in [0.25, 0.3) is 0 Å². The standard InChI is InChI=1S/C14H22N2O2/c1-4-9-18-14(17)12-10-11(15)7-8-13(12)16(5-2)6-3/h7-8,10H,4-6,9,15H2,1-3H3. The smallest absolute Gasteiger partial charge is 0.340 e. The Morgan fingerprint density at radius 1 is 1.28 bits per heavy atom. The Kier molecular flexibility index (Phi) is 5.49. The number of nitrogens with zero attached hydrogens (tertiary/aromatic N) is 1. The van der Waals surface area contributed by atoms with Gasteiger partial charge in [-0.05, 0) is 38.5 Å². The van der Waals surface area contributed by atoms with Crippen molar-refractivity contribution in [2.75, 3.05) is 30.3 Å². The number of hydrogen-bond acceptors (Lipinski definition) is 4. The quantitative estimate of drug-likeness (QED) is 0.623. The van der Waals surface area contributed by atoms with Crippen LogP contribution in [-0.2, 0) is 4.74 Å². The van der Waals surface area contributed by atoms with Crippen molar-refractivity contribution in [2.45, 2.75) is 27.2 Å². The minimum atomic E-state index is -0.300. The van der Waals surface area contributed by atoms with E-state index in [0.717, 1.165) is 25.2 Å². The SMILES string of the molecule is CCCOC(=O)c1cc(N)ccc1N(CC)CC. The van der Waals surface area contributed by atoms with Crippen LogP contribution in [0.25, 0.3) is 0 Å². The van der Waals surface area contributed by atoms with Crippen molar-refractivity contribution < 1.29 is 9.53 Å². The third kappa shape index (κ3) is 3.39. The van der Waals surface area contributed by atoms with Gasteiger partial charge in [-0.2, -0.15) is 0 Å². The first-order chi connectivity index (χ1) is 8.63. The maximum Gasteiger partial charge on any atom is 0.340 e. The number of rotatable bonds is 6. The fourth-order valence-corrected chi connectivity index (χ4v) is 1.83. The topological polar surface area (TPSA) is 55.6 Å². The number of benzene rings is 1. The summed E-state index contributed by atoms with van der Waals surface area (Å²) in [5.74, 6) is -0.300. The van der Waals surface area contributed by atoms with Gasteiger partial charge in [0.1, 0.15) is 0 Å². The number of carbonyl (C=O) groups is 1. The average Bonchev–Trinajstić information content (AvgIpc) is 2.38. The van der Waals surface area contributed by atoms with Gasteiger partial charge in [0.05, 0.1) is 17.9 Å². The molecule has 1 rings (SSSR count). The molecule has 1 aromatic rings. The molecule has 0 spiro atoms. The molecule has 0 aliphatic heterocycles. The highest BCUT2D eigenvalue weighted by Crippen LogP contribution is 2.24. The first-order valence-electron chi connectivity index (χ1n) is 6.45. The van der Waals surface area contributed by atoms with Gasteiger partial charge in [0.15, 0.2) is 0 Å². The van der Waals surface area contributed by atoms with Crippen LogP contribution < -0.4 is 10.6 Å². The molecule has 4 heteroatoms. The molecule has 0 aliphatic carbocycles. The molecule has 100 valence electrons. The molecule has 0 amide bonds. The fraction of sp³-hybridized carbons (Fsp3) is 0.500. The lowest BCUT2D eigenvalue weighted by Gasteiger charge is -2.23. The second-order valence-corrected chi connectivity index (χ2v) is 4.08. The summed E-state index contributed by atoms with van der Waals surface area (Å²) < 4.78 is 5.19. The van der Waals surface area contributed by atoms with Crippen LogP contribution in [0.15, 0.2) is 18.2 Å². The molecule has 0 saturated carbocycles. The molecule has 0 aromatic heterocycles. The molecule has 18 heavy (non-hydrogen) atoms. The second-order valence-electron chi connectivity index (χ2n) is 4.08. The van der Waals surface area contributed by atoms with Crippen LogP contribution in [0.4, 0.5) is 11.4 Å². The predicted octanol–water partition coefficient (Wildman–Crippen LogP) is 2.68. The summed E-state index contributed by atoms with van der Waals surface area (Å²) in [7, 11) is 0. The Balaban J connectivity index is 3.06. The molecule has 0 heterocycles. The highest BCUT2D eigenvalue weighted by atomic mass is 16.5. The van der Waals surface area contributed by atoms with Gasteiger partial charge in [-0.25, -0.2) is 4.79 Å². The largest absolute Gasteiger partial charge is 0.462 e. The molecular formula is C14H22N2O2. The maximum atomic E-state index is 12.0. The van der Waals surface area contributed by atoms with Crippen LogP contribution in [0.5, 0.6) is 0 Å². The average molecular weight is 250 g/mol. The van der Waals surface area contributed by atoms with Crippen LogP contribution in [0.1, 0.15) is 37.6 Å².